The van der Waals surface area contributed by atoms with Gasteiger partial charge in [0.05, 0.1) is 0 Å². The van der Waals surface area contributed by atoms with Crippen molar-refractivity contribution in [1.29, 1.82) is 0 Å². The third-order valence-electron chi connectivity index (χ3n) is 3.72. The van der Waals surface area contributed by atoms with Crippen molar-refractivity contribution in [3.8, 4) is 11.3 Å². The van der Waals surface area contributed by atoms with E-state index in [0.29, 0.717) is 6.04 Å². The molecule has 1 fully saturated rings. The van der Waals surface area contributed by atoms with Gasteiger partial charge in [0.2, 0.25) is 0 Å². The number of fused-ring (bicyclic) bond motifs is 3. The van der Waals surface area contributed by atoms with Crippen LogP contribution in [0.2, 0.25) is 0 Å². The van der Waals surface area contributed by atoms with Crippen molar-refractivity contribution in [1.82, 2.24) is 10.5 Å². The van der Waals surface area contributed by atoms with E-state index in [2.05, 4.69) is 38.5 Å². The van der Waals surface area contributed by atoms with E-state index in [1.807, 2.05) is 6.07 Å². The van der Waals surface area contributed by atoms with Gasteiger partial charge in [-0.1, -0.05) is 33.2 Å². The van der Waals surface area contributed by atoms with Crippen LogP contribution in [0, 0.1) is 0 Å². The highest BCUT2D eigenvalue weighted by Crippen LogP contribution is 2.41. The zero-order valence-corrected chi connectivity index (χ0v) is 11.5. The molecule has 0 amide bonds. The minimum Gasteiger partial charge on any atom is -0.356 e. The lowest BCUT2D eigenvalue weighted by atomic mass is 10.1. The molecule has 0 atom stereocenters. The molecule has 0 bridgehead atoms. The lowest BCUT2D eigenvalue weighted by molar-refractivity contribution is 0.420. The highest BCUT2D eigenvalue weighted by atomic mass is 79.9. The third kappa shape index (κ3) is 1.63. The van der Waals surface area contributed by atoms with Crippen LogP contribution in [0.15, 0.2) is 27.2 Å². The molecular formula is C14H13BrN2O. The van der Waals surface area contributed by atoms with Gasteiger partial charge in [-0.25, -0.2) is 0 Å². The van der Waals surface area contributed by atoms with Crippen molar-refractivity contribution >= 4 is 15.9 Å². The standard InChI is InChI=1S/C14H13BrN2O/c15-12-3-1-2-9-10(12)6-11-13(17-18-14(9)11)7-16-8-4-5-8/h1-3,8,16H,4-7H2. The maximum Gasteiger partial charge on any atom is 0.171 e. The molecule has 2 aliphatic carbocycles. The summed E-state index contributed by atoms with van der Waals surface area (Å²) in [6.07, 6.45) is 3.52. The SMILES string of the molecule is Brc1cccc2c1Cc1c(CNC3CC3)noc1-2. The zero-order valence-electron chi connectivity index (χ0n) is 9.87. The summed E-state index contributed by atoms with van der Waals surface area (Å²) in [5, 5.41) is 7.71. The third-order valence-corrected chi connectivity index (χ3v) is 4.47. The Morgan fingerprint density at radius 1 is 1.33 bits per heavy atom. The van der Waals surface area contributed by atoms with E-state index in [1.54, 1.807) is 0 Å². The predicted octanol–water partition coefficient (Wildman–Crippen LogP) is 3.26. The van der Waals surface area contributed by atoms with Gasteiger partial charge in [0, 0.05) is 34.6 Å². The van der Waals surface area contributed by atoms with Crippen LogP contribution in [0.3, 0.4) is 0 Å². The summed E-state index contributed by atoms with van der Waals surface area (Å²) in [4.78, 5) is 0. The lowest BCUT2D eigenvalue weighted by Gasteiger charge is -2.02. The van der Waals surface area contributed by atoms with E-state index in [-0.39, 0.29) is 0 Å². The molecule has 0 saturated heterocycles. The number of hydrogen-bond acceptors (Lipinski definition) is 3. The molecule has 18 heavy (non-hydrogen) atoms. The molecule has 0 spiro atoms. The number of halogens is 1. The van der Waals surface area contributed by atoms with Gasteiger partial charge in [-0.05, 0) is 24.5 Å². The van der Waals surface area contributed by atoms with Crippen molar-refractivity contribution in [2.45, 2.75) is 31.8 Å². The molecule has 1 saturated carbocycles. The number of nitrogens with one attached hydrogen (secondary N) is 1. The van der Waals surface area contributed by atoms with E-state index in [4.69, 9.17) is 4.52 Å². The number of rotatable bonds is 3. The molecule has 4 rings (SSSR count). The summed E-state index contributed by atoms with van der Waals surface area (Å²) >= 11 is 3.61. The molecule has 0 radical (unpaired) electrons. The van der Waals surface area contributed by atoms with Crippen molar-refractivity contribution in [3.05, 3.63) is 39.5 Å². The molecule has 4 heteroatoms. The maximum absolute atomic E-state index is 5.53. The van der Waals surface area contributed by atoms with E-state index < -0.39 is 0 Å². The second kappa shape index (κ2) is 3.93. The topological polar surface area (TPSA) is 38.1 Å². The summed E-state index contributed by atoms with van der Waals surface area (Å²) in [7, 11) is 0. The Morgan fingerprint density at radius 2 is 2.22 bits per heavy atom. The Hall–Kier alpha value is -1.13. The predicted molar refractivity (Wildman–Crippen MR) is 72.3 cm³/mol. The van der Waals surface area contributed by atoms with E-state index in [1.165, 1.54) is 29.5 Å². The molecular weight excluding hydrogens is 292 g/mol. The number of aromatic nitrogens is 1. The Balaban J connectivity index is 1.69. The average molecular weight is 305 g/mol. The quantitative estimate of drug-likeness (QED) is 0.807. The van der Waals surface area contributed by atoms with Crippen LogP contribution in [0.25, 0.3) is 11.3 Å². The highest BCUT2D eigenvalue weighted by Gasteiger charge is 2.29. The molecule has 0 unspecified atom stereocenters. The molecule has 2 aromatic rings. The lowest BCUT2D eigenvalue weighted by Crippen LogP contribution is -2.16. The van der Waals surface area contributed by atoms with Crippen molar-refractivity contribution in [2.75, 3.05) is 0 Å². The van der Waals surface area contributed by atoms with Crippen LogP contribution in [-0.4, -0.2) is 11.2 Å². The molecule has 1 aromatic carbocycles. The van der Waals surface area contributed by atoms with Crippen LogP contribution < -0.4 is 5.32 Å². The minimum absolute atomic E-state index is 0.702. The van der Waals surface area contributed by atoms with Gasteiger partial charge in [-0.15, -0.1) is 0 Å². The Morgan fingerprint density at radius 3 is 3.06 bits per heavy atom. The fourth-order valence-corrected chi connectivity index (χ4v) is 3.04. The number of hydrogen-bond donors (Lipinski definition) is 1. The van der Waals surface area contributed by atoms with Crippen LogP contribution in [0.5, 0.6) is 0 Å². The van der Waals surface area contributed by atoms with Crippen LogP contribution in [0.4, 0.5) is 0 Å². The molecule has 3 nitrogen and oxygen atoms in total. The molecule has 92 valence electrons. The summed E-state index contributed by atoms with van der Waals surface area (Å²) in [5.74, 6) is 0.957. The zero-order chi connectivity index (χ0) is 12.1. The van der Waals surface area contributed by atoms with E-state index in [9.17, 15) is 0 Å². The van der Waals surface area contributed by atoms with Crippen molar-refractivity contribution in [3.63, 3.8) is 0 Å². The average Bonchev–Trinajstić information content (AvgIpc) is 2.99. The number of nitrogens with zero attached hydrogens (tertiary/aromatic N) is 1. The fraction of sp³-hybridized carbons (Fsp3) is 0.357. The molecule has 1 aromatic heterocycles. The molecule has 0 aliphatic heterocycles. The fourth-order valence-electron chi connectivity index (χ4n) is 2.53. The van der Waals surface area contributed by atoms with Crippen LogP contribution >= 0.6 is 15.9 Å². The van der Waals surface area contributed by atoms with Crippen molar-refractivity contribution < 1.29 is 4.52 Å². The van der Waals surface area contributed by atoms with Gasteiger partial charge < -0.3 is 9.84 Å². The summed E-state index contributed by atoms with van der Waals surface area (Å²) < 4.78 is 6.69. The first kappa shape index (κ1) is 10.8. The molecule has 2 aliphatic rings. The van der Waals surface area contributed by atoms with E-state index in [0.717, 1.165) is 28.9 Å². The van der Waals surface area contributed by atoms with Gasteiger partial charge in [-0.2, -0.15) is 0 Å². The Labute approximate surface area is 114 Å². The largest absolute Gasteiger partial charge is 0.356 e. The molecule has 1 N–H and O–H groups in total. The Bertz CT molecular complexity index is 616. The van der Waals surface area contributed by atoms with Gasteiger partial charge in [0.15, 0.2) is 5.76 Å². The van der Waals surface area contributed by atoms with Gasteiger partial charge in [0.25, 0.3) is 0 Å². The van der Waals surface area contributed by atoms with Crippen LogP contribution in [0.1, 0.15) is 29.7 Å². The summed E-state index contributed by atoms with van der Waals surface area (Å²) in [6.45, 7) is 0.828. The van der Waals surface area contributed by atoms with Gasteiger partial charge in [-0.3, -0.25) is 0 Å². The summed E-state index contributed by atoms with van der Waals surface area (Å²) in [6, 6.07) is 6.94. The highest BCUT2D eigenvalue weighted by molar-refractivity contribution is 9.10. The van der Waals surface area contributed by atoms with Crippen molar-refractivity contribution in [2.24, 2.45) is 0 Å². The first-order chi connectivity index (χ1) is 8.83. The normalized spacial score (nSPS) is 16.7. The van der Waals surface area contributed by atoms with E-state index >= 15 is 0 Å². The van der Waals surface area contributed by atoms with Crippen LogP contribution in [-0.2, 0) is 13.0 Å². The summed E-state index contributed by atoms with van der Waals surface area (Å²) in [5.41, 5.74) is 4.83. The maximum atomic E-state index is 5.53. The minimum atomic E-state index is 0.702. The monoisotopic (exact) mass is 304 g/mol. The second-order valence-corrected chi connectivity index (χ2v) is 5.89. The second-order valence-electron chi connectivity index (χ2n) is 5.03. The first-order valence-electron chi connectivity index (χ1n) is 6.31. The number of benzene rings is 1. The van der Waals surface area contributed by atoms with Gasteiger partial charge >= 0.3 is 0 Å². The van der Waals surface area contributed by atoms with Gasteiger partial charge in [0.1, 0.15) is 5.69 Å². The first-order valence-corrected chi connectivity index (χ1v) is 7.11. The molecule has 1 heterocycles. The smallest absolute Gasteiger partial charge is 0.171 e. The Kier molecular flexibility index (Phi) is 2.35.